The molecule has 1 aliphatic heterocycles. The van der Waals surface area contributed by atoms with Crippen molar-refractivity contribution in [2.45, 2.75) is 37.7 Å². The monoisotopic (exact) mass is 207 g/mol. The topological polar surface area (TPSA) is 23.5 Å². The molecule has 0 radical (unpaired) electrons. The molecule has 0 saturated carbocycles. The number of hydrogen-bond acceptors (Lipinski definition) is 4. The largest absolute Gasteiger partial charge is 0.379 e. The lowest BCUT2D eigenvalue weighted by atomic mass is 10.1. The van der Waals surface area contributed by atoms with Crippen LogP contribution in [0.1, 0.15) is 20.8 Å². The van der Waals surface area contributed by atoms with Crippen LogP contribution >= 0.6 is 24.4 Å². The maximum absolute atomic E-state index is 9.51. The molecule has 1 N–H and O–H groups in total. The van der Waals surface area contributed by atoms with E-state index in [1.54, 1.807) is 11.8 Å². The maximum Gasteiger partial charge on any atom is 0.106 e. The van der Waals surface area contributed by atoms with E-state index >= 15 is 0 Å². The van der Waals surface area contributed by atoms with Crippen molar-refractivity contribution in [1.29, 1.82) is 0 Å². The second-order valence-electron chi connectivity index (χ2n) is 3.55. The van der Waals surface area contributed by atoms with Gasteiger partial charge in [0.05, 0.1) is 0 Å². The van der Waals surface area contributed by atoms with Gasteiger partial charge in [-0.15, -0.1) is 24.4 Å². The van der Waals surface area contributed by atoms with Gasteiger partial charge in [-0.1, -0.05) is 13.8 Å². The van der Waals surface area contributed by atoms with Crippen molar-refractivity contribution in [1.82, 2.24) is 4.90 Å². The lowest BCUT2D eigenvalue weighted by Gasteiger charge is -2.31. The molecular weight excluding hydrogens is 190 g/mol. The van der Waals surface area contributed by atoms with E-state index in [-0.39, 0.29) is 10.9 Å². The van der Waals surface area contributed by atoms with Gasteiger partial charge in [-0.3, -0.25) is 4.90 Å². The summed E-state index contributed by atoms with van der Waals surface area (Å²) in [6, 6.07) is 0.470. The number of thioether (sulfide) groups is 1. The van der Waals surface area contributed by atoms with Gasteiger partial charge < -0.3 is 5.11 Å². The summed E-state index contributed by atoms with van der Waals surface area (Å²) >= 11 is 6.21. The van der Waals surface area contributed by atoms with Gasteiger partial charge >= 0.3 is 0 Å². The predicted octanol–water partition coefficient (Wildman–Crippen LogP) is 1.61. The Bertz CT molecular complexity index is 152. The van der Waals surface area contributed by atoms with Gasteiger partial charge in [0, 0.05) is 11.8 Å². The third-order valence-corrected chi connectivity index (χ3v) is 4.04. The summed E-state index contributed by atoms with van der Waals surface area (Å²) in [5.41, 5.74) is 0. The number of thiol groups is 1. The van der Waals surface area contributed by atoms with E-state index in [4.69, 9.17) is 0 Å². The molecule has 12 heavy (non-hydrogen) atoms. The van der Waals surface area contributed by atoms with Crippen LogP contribution in [0.3, 0.4) is 0 Å². The number of nitrogens with zero attached hydrogens (tertiary/aromatic N) is 1. The minimum atomic E-state index is -0.380. The molecule has 1 heterocycles. The normalized spacial score (nSPS) is 34.5. The van der Waals surface area contributed by atoms with Crippen molar-refractivity contribution in [2.75, 3.05) is 5.75 Å². The zero-order valence-electron chi connectivity index (χ0n) is 7.77. The second-order valence-corrected chi connectivity index (χ2v) is 5.50. The molecule has 0 amide bonds. The molecule has 72 valence electrons. The lowest BCUT2D eigenvalue weighted by molar-refractivity contribution is -0.00280. The van der Waals surface area contributed by atoms with Gasteiger partial charge in [0.15, 0.2) is 0 Å². The molecule has 0 aromatic rings. The Morgan fingerprint density at radius 3 is 2.42 bits per heavy atom. The Kier molecular flexibility index (Phi) is 3.76. The van der Waals surface area contributed by atoms with Gasteiger partial charge in [0.25, 0.3) is 0 Å². The molecule has 1 fully saturated rings. The molecule has 0 bridgehead atoms. The summed E-state index contributed by atoms with van der Waals surface area (Å²) in [6.45, 7) is 6.18. The van der Waals surface area contributed by atoms with Gasteiger partial charge in [0.2, 0.25) is 0 Å². The summed E-state index contributed by atoms with van der Waals surface area (Å²) in [4.78, 5) is 2.07. The van der Waals surface area contributed by atoms with E-state index in [0.29, 0.717) is 12.0 Å². The average molecular weight is 207 g/mol. The molecule has 1 aliphatic rings. The summed E-state index contributed by atoms with van der Waals surface area (Å²) in [6.07, 6.45) is -0.380. The molecule has 0 aromatic heterocycles. The van der Waals surface area contributed by atoms with Gasteiger partial charge in [-0.2, -0.15) is 0 Å². The van der Waals surface area contributed by atoms with Crippen LogP contribution in [0.2, 0.25) is 0 Å². The number of rotatable bonds is 2. The lowest BCUT2D eigenvalue weighted by Crippen LogP contribution is -2.43. The van der Waals surface area contributed by atoms with Gasteiger partial charge in [-0.05, 0) is 12.8 Å². The quantitative estimate of drug-likeness (QED) is 0.673. The molecule has 0 aliphatic carbocycles. The van der Waals surface area contributed by atoms with Gasteiger partial charge in [-0.25, -0.2) is 0 Å². The smallest absolute Gasteiger partial charge is 0.106 e. The summed E-state index contributed by atoms with van der Waals surface area (Å²) in [5, 5.41) is 9.51. The third kappa shape index (κ3) is 2.10. The van der Waals surface area contributed by atoms with E-state index in [2.05, 4.69) is 31.4 Å². The van der Waals surface area contributed by atoms with Crippen LogP contribution in [-0.2, 0) is 0 Å². The Morgan fingerprint density at radius 1 is 1.50 bits per heavy atom. The minimum Gasteiger partial charge on any atom is -0.379 e. The van der Waals surface area contributed by atoms with E-state index in [0.717, 1.165) is 5.75 Å². The van der Waals surface area contributed by atoms with Crippen molar-refractivity contribution in [3.8, 4) is 0 Å². The van der Waals surface area contributed by atoms with Crippen LogP contribution in [0.15, 0.2) is 0 Å². The third-order valence-electron chi connectivity index (χ3n) is 2.26. The van der Waals surface area contributed by atoms with Crippen molar-refractivity contribution >= 4 is 24.4 Å². The molecule has 2 nitrogen and oxygen atoms in total. The number of aliphatic hydroxyl groups excluding tert-OH is 1. The van der Waals surface area contributed by atoms with Gasteiger partial charge in [0.1, 0.15) is 10.9 Å². The number of hydrogen-bond donors (Lipinski definition) is 2. The Labute approximate surface area is 84.1 Å². The zero-order valence-corrected chi connectivity index (χ0v) is 9.48. The van der Waals surface area contributed by atoms with Crippen LogP contribution < -0.4 is 0 Å². The SMILES string of the molecule is CC(C)[C@@H]1CSC(S)N1C(C)O. The Balaban J connectivity index is 2.64. The molecule has 3 atom stereocenters. The molecule has 2 unspecified atom stereocenters. The van der Waals surface area contributed by atoms with Crippen LogP contribution in [-0.4, -0.2) is 32.7 Å². The van der Waals surface area contributed by atoms with Crippen LogP contribution in [0, 0.1) is 5.92 Å². The van der Waals surface area contributed by atoms with Crippen molar-refractivity contribution < 1.29 is 5.11 Å². The van der Waals surface area contributed by atoms with Crippen molar-refractivity contribution in [2.24, 2.45) is 5.92 Å². The highest BCUT2D eigenvalue weighted by molar-refractivity contribution is 8.10. The maximum atomic E-state index is 9.51. The molecule has 4 heteroatoms. The molecule has 0 aromatic carbocycles. The van der Waals surface area contributed by atoms with E-state index < -0.39 is 0 Å². The average Bonchev–Trinajstić information content (AvgIpc) is 2.30. The fourth-order valence-corrected chi connectivity index (χ4v) is 3.57. The first-order valence-corrected chi connectivity index (χ1v) is 5.85. The van der Waals surface area contributed by atoms with Crippen molar-refractivity contribution in [3.05, 3.63) is 0 Å². The fraction of sp³-hybridized carbons (Fsp3) is 1.00. The highest BCUT2D eigenvalue weighted by atomic mass is 32.2. The fourth-order valence-electron chi connectivity index (χ4n) is 1.52. The van der Waals surface area contributed by atoms with Crippen LogP contribution in [0.25, 0.3) is 0 Å². The second kappa shape index (κ2) is 4.22. The highest BCUT2D eigenvalue weighted by Gasteiger charge is 2.36. The first kappa shape index (κ1) is 10.7. The standard InChI is InChI=1S/C8H17NOS2/c1-5(2)7-4-12-8(11)9(7)6(3)10/h5-8,10-11H,4H2,1-3H3/t6?,7-,8?/m0/s1. The molecule has 0 spiro atoms. The Morgan fingerprint density at radius 2 is 2.08 bits per heavy atom. The predicted molar refractivity (Wildman–Crippen MR) is 57.4 cm³/mol. The van der Waals surface area contributed by atoms with Crippen LogP contribution in [0.4, 0.5) is 0 Å². The number of aliphatic hydroxyl groups is 1. The highest BCUT2D eigenvalue weighted by Crippen LogP contribution is 2.35. The molecular formula is C8H17NOS2. The minimum absolute atomic E-state index is 0.164. The zero-order chi connectivity index (χ0) is 9.30. The van der Waals surface area contributed by atoms with Crippen LogP contribution in [0.5, 0.6) is 0 Å². The van der Waals surface area contributed by atoms with Crippen molar-refractivity contribution in [3.63, 3.8) is 0 Å². The summed E-state index contributed by atoms with van der Waals surface area (Å²) in [7, 11) is 0. The molecule has 1 rings (SSSR count). The van der Waals surface area contributed by atoms with E-state index in [1.807, 2.05) is 6.92 Å². The Hall–Kier alpha value is 0.620. The first-order valence-electron chi connectivity index (χ1n) is 4.29. The summed E-state index contributed by atoms with van der Waals surface area (Å²) in [5.74, 6) is 1.67. The molecule has 1 saturated heterocycles. The first-order chi connectivity index (χ1) is 5.54. The summed E-state index contributed by atoms with van der Waals surface area (Å²) < 4.78 is 0.164. The van der Waals surface area contributed by atoms with E-state index in [9.17, 15) is 5.11 Å². The van der Waals surface area contributed by atoms with E-state index in [1.165, 1.54) is 0 Å².